The number of methoxy groups -OCH3 is 1. The second-order valence-electron chi connectivity index (χ2n) is 8.83. The summed E-state index contributed by atoms with van der Waals surface area (Å²) in [6.45, 7) is 1.64. The molecule has 4 aromatic rings. The molecule has 0 radical (unpaired) electrons. The minimum absolute atomic E-state index is 0.0271. The van der Waals surface area contributed by atoms with Crippen LogP contribution in [0.25, 0.3) is 27.7 Å². The van der Waals surface area contributed by atoms with Gasteiger partial charge in [-0.25, -0.2) is 22.4 Å². The molecule has 1 fully saturated rings. The van der Waals surface area contributed by atoms with Crippen LogP contribution in [0.2, 0.25) is 0 Å². The molecule has 180 valence electrons. The number of likely N-dealkylation sites (tertiary alicyclic amines) is 1. The molecule has 0 saturated carbocycles. The zero-order valence-corrected chi connectivity index (χ0v) is 19.0. The van der Waals surface area contributed by atoms with E-state index >= 15 is 8.78 Å². The number of rotatable bonds is 5. The fourth-order valence-electron chi connectivity index (χ4n) is 4.78. The molecule has 1 aliphatic heterocycles. The van der Waals surface area contributed by atoms with Crippen molar-refractivity contribution in [2.45, 2.75) is 37.9 Å². The molecule has 3 aromatic heterocycles. The normalized spacial score (nSPS) is 19.6. The van der Waals surface area contributed by atoms with E-state index in [0.717, 1.165) is 0 Å². The molecule has 0 bridgehead atoms. The minimum atomic E-state index is -2.96. The van der Waals surface area contributed by atoms with Gasteiger partial charge in [-0.3, -0.25) is 0 Å². The van der Waals surface area contributed by atoms with Gasteiger partial charge in [0.2, 0.25) is 11.8 Å². The predicted molar refractivity (Wildman–Crippen MR) is 121 cm³/mol. The van der Waals surface area contributed by atoms with Gasteiger partial charge in [0.25, 0.3) is 5.92 Å². The van der Waals surface area contributed by atoms with Crippen molar-refractivity contribution >= 4 is 22.5 Å². The predicted octanol–water partition coefficient (Wildman–Crippen LogP) is 3.14. The molecule has 4 heterocycles. The first-order chi connectivity index (χ1) is 16.2. The van der Waals surface area contributed by atoms with Crippen LogP contribution in [-0.4, -0.2) is 73.8 Å². The van der Waals surface area contributed by atoms with Crippen molar-refractivity contribution in [3.8, 4) is 17.0 Å². The van der Waals surface area contributed by atoms with Crippen LogP contribution in [0.5, 0.6) is 5.88 Å². The number of nitrogens with zero attached hydrogens (tertiary/aromatic N) is 7. The Balaban J connectivity index is 1.78. The van der Waals surface area contributed by atoms with E-state index in [1.54, 1.807) is 36.3 Å². The van der Waals surface area contributed by atoms with Crippen molar-refractivity contribution in [1.82, 2.24) is 34.5 Å². The lowest BCUT2D eigenvalue weighted by molar-refractivity contribution is -0.0764. The van der Waals surface area contributed by atoms with E-state index < -0.39 is 18.0 Å². The lowest BCUT2D eigenvalue weighted by atomic mass is 9.84. The number of nitrogens with two attached hydrogens (primary N) is 1. The van der Waals surface area contributed by atoms with Crippen LogP contribution in [0.4, 0.5) is 19.1 Å². The Bertz CT molecular complexity index is 1370. The molecular weight excluding hydrogens is 449 g/mol. The Morgan fingerprint density at radius 1 is 1.32 bits per heavy atom. The molecule has 0 amide bonds. The van der Waals surface area contributed by atoms with E-state index in [1.165, 1.54) is 23.2 Å². The largest absolute Gasteiger partial charge is 0.479 e. The van der Waals surface area contributed by atoms with Crippen molar-refractivity contribution in [1.29, 1.82) is 0 Å². The van der Waals surface area contributed by atoms with Crippen LogP contribution in [0.1, 0.15) is 24.8 Å². The Labute approximate surface area is 193 Å². The van der Waals surface area contributed by atoms with E-state index in [4.69, 9.17) is 10.5 Å². The number of halogens is 3. The fraction of sp³-hybridized carbons (Fsp3) is 0.455. The number of piperidine rings is 1. The van der Waals surface area contributed by atoms with Gasteiger partial charge in [0.1, 0.15) is 17.2 Å². The number of hydrogen-bond acceptors (Lipinski definition) is 7. The molecule has 0 unspecified atom stereocenters. The third kappa shape index (κ3) is 3.71. The SMILES string of the molecule is COc1nc(N)nn2cc([C@H]3CCN(C)CC3(F)F)c(-c3ccc4nnn(C[C@@H](C)F)c4c3)c12. The van der Waals surface area contributed by atoms with Crippen LogP contribution in [-0.2, 0) is 6.54 Å². The van der Waals surface area contributed by atoms with Gasteiger partial charge in [0.15, 0.2) is 0 Å². The van der Waals surface area contributed by atoms with Crippen LogP contribution in [0, 0.1) is 0 Å². The second-order valence-corrected chi connectivity index (χ2v) is 8.83. The van der Waals surface area contributed by atoms with E-state index in [9.17, 15) is 4.39 Å². The lowest BCUT2D eigenvalue weighted by Crippen LogP contribution is -2.45. The Hall–Kier alpha value is -3.41. The number of anilines is 1. The van der Waals surface area contributed by atoms with Crippen molar-refractivity contribution in [2.24, 2.45) is 0 Å². The van der Waals surface area contributed by atoms with E-state index in [-0.39, 0.29) is 31.3 Å². The average Bonchev–Trinajstić information content (AvgIpc) is 3.32. The van der Waals surface area contributed by atoms with Crippen LogP contribution in [0.3, 0.4) is 0 Å². The summed E-state index contributed by atoms with van der Waals surface area (Å²) in [5, 5.41) is 12.4. The van der Waals surface area contributed by atoms with Gasteiger partial charge in [-0.15, -0.1) is 10.2 Å². The quantitative estimate of drug-likeness (QED) is 0.474. The smallest absolute Gasteiger partial charge is 0.267 e. The Kier molecular flexibility index (Phi) is 5.34. The highest BCUT2D eigenvalue weighted by Gasteiger charge is 2.46. The summed E-state index contributed by atoms with van der Waals surface area (Å²) in [5.41, 5.74) is 9.01. The molecule has 0 aliphatic carbocycles. The maximum Gasteiger partial charge on any atom is 0.267 e. The monoisotopic (exact) mass is 474 g/mol. The van der Waals surface area contributed by atoms with Gasteiger partial charge in [0.05, 0.1) is 31.6 Å². The highest BCUT2D eigenvalue weighted by atomic mass is 19.3. The first kappa shape index (κ1) is 22.4. The minimum Gasteiger partial charge on any atom is -0.479 e. The van der Waals surface area contributed by atoms with E-state index in [1.807, 2.05) is 0 Å². The molecular formula is C22H25F3N8O. The Morgan fingerprint density at radius 2 is 2.12 bits per heavy atom. The summed E-state index contributed by atoms with van der Waals surface area (Å²) in [6, 6.07) is 5.29. The van der Waals surface area contributed by atoms with Crippen molar-refractivity contribution in [3.05, 3.63) is 30.0 Å². The number of nitrogen functional groups attached to an aromatic ring is 1. The van der Waals surface area contributed by atoms with Gasteiger partial charge >= 0.3 is 0 Å². The molecule has 2 N–H and O–H groups in total. The number of alkyl halides is 3. The maximum atomic E-state index is 15.3. The van der Waals surface area contributed by atoms with Gasteiger partial charge in [0, 0.05) is 11.8 Å². The zero-order chi connectivity index (χ0) is 24.2. The third-order valence-corrected chi connectivity index (χ3v) is 6.23. The average molecular weight is 474 g/mol. The summed E-state index contributed by atoms with van der Waals surface area (Å²) in [7, 11) is 3.12. The van der Waals surface area contributed by atoms with Gasteiger partial charge in [-0.2, -0.15) is 4.98 Å². The van der Waals surface area contributed by atoms with Gasteiger partial charge in [-0.05, 0) is 50.2 Å². The fourth-order valence-corrected chi connectivity index (χ4v) is 4.78. The van der Waals surface area contributed by atoms with Crippen LogP contribution < -0.4 is 10.5 Å². The first-order valence-electron chi connectivity index (χ1n) is 10.9. The van der Waals surface area contributed by atoms with Crippen molar-refractivity contribution in [3.63, 3.8) is 0 Å². The number of benzene rings is 1. The maximum absolute atomic E-state index is 15.3. The summed E-state index contributed by atoms with van der Waals surface area (Å²) < 4.78 is 52.7. The first-order valence-corrected chi connectivity index (χ1v) is 10.9. The molecule has 1 aromatic carbocycles. The second kappa shape index (κ2) is 8.12. The highest BCUT2D eigenvalue weighted by Crippen LogP contribution is 2.47. The zero-order valence-electron chi connectivity index (χ0n) is 19.0. The Morgan fingerprint density at radius 3 is 2.82 bits per heavy atom. The standard InChI is InChI=1S/C22H25F3N8O/c1-12(23)9-32-17-8-13(4-5-16(17)28-30-32)18-14(15-6-7-31(2)11-22(15,24)25)10-33-19(18)20(34-3)27-21(26)29-33/h4-5,8,10,12,15H,6-7,9,11H2,1-3H3,(H2,26,29)/t12-,15-/m1/s1. The number of ether oxygens (including phenoxy) is 1. The molecule has 34 heavy (non-hydrogen) atoms. The summed E-state index contributed by atoms with van der Waals surface area (Å²) >= 11 is 0. The molecule has 9 nitrogen and oxygen atoms in total. The number of fused-ring (bicyclic) bond motifs is 2. The molecule has 1 aliphatic rings. The van der Waals surface area contributed by atoms with Crippen LogP contribution in [0.15, 0.2) is 24.4 Å². The molecule has 1 saturated heterocycles. The molecule has 2 atom stereocenters. The van der Waals surface area contributed by atoms with E-state index in [2.05, 4.69) is 20.4 Å². The number of hydrogen-bond donors (Lipinski definition) is 1. The molecule has 5 rings (SSSR count). The summed E-state index contributed by atoms with van der Waals surface area (Å²) in [6.07, 6.45) is 0.715. The third-order valence-electron chi connectivity index (χ3n) is 6.23. The van der Waals surface area contributed by atoms with Gasteiger partial charge in [-0.1, -0.05) is 11.3 Å². The summed E-state index contributed by atoms with van der Waals surface area (Å²) in [5.74, 6) is -3.87. The number of aromatic nitrogens is 6. The van der Waals surface area contributed by atoms with Crippen LogP contribution >= 0.6 is 0 Å². The molecule has 12 heteroatoms. The topological polar surface area (TPSA) is 99.4 Å². The van der Waals surface area contributed by atoms with Gasteiger partial charge < -0.3 is 15.4 Å². The van der Waals surface area contributed by atoms with Crippen molar-refractivity contribution in [2.75, 3.05) is 33.0 Å². The lowest BCUT2D eigenvalue weighted by Gasteiger charge is -2.36. The summed E-state index contributed by atoms with van der Waals surface area (Å²) in [4.78, 5) is 5.79. The van der Waals surface area contributed by atoms with Crippen molar-refractivity contribution < 1.29 is 17.9 Å². The highest BCUT2D eigenvalue weighted by molar-refractivity contribution is 5.91. The van der Waals surface area contributed by atoms with E-state index in [0.29, 0.717) is 39.8 Å². The molecule has 0 spiro atoms.